The summed E-state index contributed by atoms with van der Waals surface area (Å²) in [7, 11) is 0. The number of rotatable bonds is 6. The highest BCUT2D eigenvalue weighted by atomic mass is 35.5. The lowest BCUT2D eigenvalue weighted by Crippen LogP contribution is -2.29. The zero-order valence-electron chi connectivity index (χ0n) is 11.8. The minimum Gasteiger partial charge on any atom is -0.494 e. The Morgan fingerprint density at radius 3 is 2.67 bits per heavy atom. The molecule has 0 bridgehead atoms. The number of halogens is 2. The van der Waals surface area contributed by atoms with Crippen molar-refractivity contribution in [2.45, 2.75) is 19.4 Å². The van der Waals surface area contributed by atoms with Crippen LogP contribution >= 0.6 is 23.2 Å². The molecule has 0 aliphatic heterocycles. The molecule has 0 saturated heterocycles. The molecule has 2 rings (SSSR count). The first-order valence-corrected chi connectivity index (χ1v) is 7.53. The molecule has 2 aromatic carbocycles. The van der Waals surface area contributed by atoms with Gasteiger partial charge < -0.3 is 4.74 Å². The lowest BCUT2D eigenvalue weighted by atomic mass is 9.99. The molecule has 0 aliphatic carbocycles. The SMILES string of the molecule is CCOc1cccc(C(Cc2cccc(Cl)c2Cl)NN)c1. The summed E-state index contributed by atoms with van der Waals surface area (Å²) in [6.07, 6.45) is 0.644. The summed E-state index contributed by atoms with van der Waals surface area (Å²) < 4.78 is 5.52. The van der Waals surface area contributed by atoms with Gasteiger partial charge in [0, 0.05) is 0 Å². The third-order valence-corrected chi connectivity index (χ3v) is 4.09. The van der Waals surface area contributed by atoms with Gasteiger partial charge in [0.1, 0.15) is 5.75 Å². The van der Waals surface area contributed by atoms with E-state index in [-0.39, 0.29) is 6.04 Å². The number of hydrazine groups is 1. The summed E-state index contributed by atoms with van der Waals surface area (Å²) in [5.74, 6) is 6.52. The van der Waals surface area contributed by atoms with Crippen LogP contribution in [0.1, 0.15) is 24.1 Å². The molecule has 1 atom stereocenters. The quantitative estimate of drug-likeness (QED) is 0.620. The first kappa shape index (κ1) is 16.1. The zero-order chi connectivity index (χ0) is 15.2. The van der Waals surface area contributed by atoms with Crippen molar-refractivity contribution in [1.82, 2.24) is 5.43 Å². The Bertz CT molecular complexity index is 605. The van der Waals surface area contributed by atoms with Crippen molar-refractivity contribution in [2.24, 2.45) is 5.84 Å². The average molecular weight is 325 g/mol. The molecule has 5 heteroatoms. The Labute approximate surface area is 135 Å². The van der Waals surface area contributed by atoms with Crippen LogP contribution in [0.25, 0.3) is 0 Å². The van der Waals surface area contributed by atoms with Crippen molar-refractivity contribution in [2.75, 3.05) is 6.61 Å². The first-order valence-electron chi connectivity index (χ1n) is 6.77. The second-order valence-electron chi connectivity index (χ2n) is 4.64. The number of ether oxygens (including phenoxy) is 1. The van der Waals surface area contributed by atoms with Crippen molar-refractivity contribution >= 4 is 23.2 Å². The Morgan fingerprint density at radius 1 is 1.19 bits per heavy atom. The van der Waals surface area contributed by atoms with Crippen LogP contribution in [0.15, 0.2) is 42.5 Å². The molecule has 0 amide bonds. The molecule has 0 aliphatic rings. The molecule has 112 valence electrons. The predicted molar refractivity (Wildman–Crippen MR) is 87.8 cm³/mol. The van der Waals surface area contributed by atoms with Crippen LogP contribution in [0.5, 0.6) is 5.75 Å². The van der Waals surface area contributed by atoms with Gasteiger partial charge in [-0.2, -0.15) is 0 Å². The van der Waals surface area contributed by atoms with E-state index < -0.39 is 0 Å². The summed E-state index contributed by atoms with van der Waals surface area (Å²) in [5.41, 5.74) is 4.82. The minimum atomic E-state index is -0.0682. The molecule has 2 aromatic rings. The maximum atomic E-state index is 6.24. The number of nitrogens with one attached hydrogen (secondary N) is 1. The van der Waals surface area contributed by atoms with Crippen molar-refractivity contribution < 1.29 is 4.74 Å². The van der Waals surface area contributed by atoms with E-state index in [9.17, 15) is 0 Å². The van der Waals surface area contributed by atoms with Gasteiger partial charge in [-0.3, -0.25) is 11.3 Å². The van der Waals surface area contributed by atoms with Gasteiger partial charge in [-0.25, -0.2) is 0 Å². The summed E-state index contributed by atoms with van der Waals surface area (Å²) in [4.78, 5) is 0. The van der Waals surface area contributed by atoms with E-state index in [0.29, 0.717) is 23.1 Å². The van der Waals surface area contributed by atoms with E-state index >= 15 is 0 Å². The van der Waals surface area contributed by atoms with Gasteiger partial charge in [-0.05, 0) is 42.7 Å². The third kappa shape index (κ3) is 4.11. The summed E-state index contributed by atoms with van der Waals surface area (Å²) >= 11 is 12.3. The van der Waals surface area contributed by atoms with E-state index in [0.717, 1.165) is 16.9 Å². The van der Waals surface area contributed by atoms with Gasteiger partial charge in [0.25, 0.3) is 0 Å². The molecule has 0 saturated carbocycles. The van der Waals surface area contributed by atoms with E-state index in [1.165, 1.54) is 0 Å². The maximum absolute atomic E-state index is 6.24. The van der Waals surface area contributed by atoms with Crippen LogP contribution in [-0.2, 0) is 6.42 Å². The van der Waals surface area contributed by atoms with Crippen LogP contribution in [0.4, 0.5) is 0 Å². The van der Waals surface area contributed by atoms with Crippen LogP contribution in [0.2, 0.25) is 10.0 Å². The second kappa shape index (κ2) is 7.66. The zero-order valence-corrected chi connectivity index (χ0v) is 13.3. The van der Waals surface area contributed by atoms with E-state index in [1.54, 1.807) is 6.07 Å². The molecule has 0 radical (unpaired) electrons. The van der Waals surface area contributed by atoms with Gasteiger partial charge in [-0.15, -0.1) is 0 Å². The van der Waals surface area contributed by atoms with Crippen molar-refractivity contribution in [3.05, 3.63) is 63.6 Å². The number of nitrogens with two attached hydrogens (primary N) is 1. The van der Waals surface area contributed by atoms with E-state index in [2.05, 4.69) is 5.43 Å². The predicted octanol–water partition coefficient (Wildman–Crippen LogP) is 4.14. The van der Waals surface area contributed by atoms with Crippen LogP contribution in [0, 0.1) is 0 Å². The smallest absolute Gasteiger partial charge is 0.119 e. The Hall–Kier alpha value is -1.26. The van der Waals surface area contributed by atoms with Gasteiger partial charge >= 0.3 is 0 Å². The maximum Gasteiger partial charge on any atom is 0.119 e. The van der Waals surface area contributed by atoms with Gasteiger partial charge in [0.05, 0.1) is 22.7 Å². The molecule has 0 heterocycles. The van der Waals surface area contributed by atoms with Crippen LogP contribution < -0.4 is 16.0 Å². The Balaban J connectivity index is 2.23. The molecule has 1 unspecified atom stereocenters. The lowest BCUT2D eigenvalue weighted by molar-refractivity contribution is 0.339. The first-order chi connectivity index (χ1) is 10.2. The molecular formula is C16H18Cl2N2O. The average Bonchev–Trinajstić information content (AvgIpc) is 2.49. The Morgan fingerprint density at radius 2 is 1.95 bits per heavy atom. The lowest BCUT2D eigenvalue weighted by Gasteiger charge is -2.18. The van der Waals surface area contributed by atoms with E-state index in [4.69, 9.17) is 33.8 Å². The molecule has 3 N–H and O–H groups in total. The molecular weight excluding hydrogens is 307 g/mol. The fraction of sp³-hybridized carbons (Fsp3) is 0.250. The van der Waals surface area contributed by atoms with Crippen molar-refractivity contribution in [3.63, 3.8) is 0 Å². The largest absolute Gasteiger partial charge is 0.494 e. The molecule has 0 spiro atoms. The Kier molecular flexibility index (Phi) is 5.88. The number of benzene rings is 2. The highest BCUT2D eigenvalue weighted by molar-refractivity contribution is 6.42. The summed E-state index contributed by atoms with van der Waals surface area (Å²) in [5, 5.41) is 1.12. The molecule has 0 aromatic heterocycles. The highest BCUT2D eigenvalue weighted by Crippen LogP contribution is 2.29. The van der Waals surface area contributed by atoms with Gasteiger partial charge in [0.15, 0.2) is 0 Å². The second-order valence-corrected chi connectivity index (χ2v) is 5.43. The van der Waals surface area contributed by atoms with Crippen molar-refractivity contribution in [3.8, 4) is 5.75 Å². The normalized spacial score (nSPS) is 12.2. The number of hydrogen-bond donors (Lipinski definition) is 2. The van der Waals surface area contributed by atoms with E-state index in [1.807, 2.05) is 43.3 Å². The minimum absolute atomic E-state index is 0.0682. The van der Waals surface area contributed by atoms with Crippen molar-refractivity contribution in [1.29, 1.82) is 0 Å². The standard InChI is InChI=1S/C16H18Cl2N2O/c1-2-21-13-7-3-5-11(9-13)15(20-19)10-12-6-4-8-14(17)16(12)18/h3-9,15,20H,2,10,19H2,1H3. The van der Waals surface area contributed by atoms with Crippen LogP contribution in [-0.4, -0.2) is 6.61 Å². The third-order valence-electron chi connectivity index (χ3n) is 3.23. The number of hydrogen-bond acceptors (Lipinski definition) is 3. The fourth-order valence-corrected chi connectivity index (χ4v) is 2.58. The van der Waals surface area contributed by atoms with Gasteiger partial charge in [0.2, 0.25) is 0 Å². The summed E-state index contributed by atoms with van der Waals surface area (Å²) in [6.45, 7) is 2.58. The van der Waals surface area contributed by atoms with Gasteiger partial charge in [-0.1, -0.05) is 47.5 Å². The molecule has 3 nitrogen and oxygen atoms in total. The topological polar surface area (TPSA) is 47.3 Å². The highest BCUT2D eigenvalue weighted by Gasteiger charge is 2.14. The molecule has 0 fully saturated rings. The summed E-state index contributed by atoms with van der Waals surface area (Å²) in [6, 6.07) is 13.4. The van der Waals surface area contributed by atoms with Crippen LogP contribution in [0.3, 0.4) is 0 Å². The monoisotopic (exact) mass is 324 g/mol. The molecule has 21 heavy (non-hydrogen) atoms. The fourth-order valence-electron chi connectivity index (χ4n) is 2.19.